The Bertz CT molecular complexity index is 875. The zero-order valence-electron chi connectivity index (χ0n) is 16.1. The third-order valence-electron chi connectivity index (χ3n) is 4.90. The Morgan fingerprint density at radius 2 is 1.65 bits per heavy atom. The Labute approximate surface area is 161 Å². The molecule has 1 heterocycles. The highest BCUT2D eigenvalue weighted by molar-refractivity contribution is 8.18. The molecule has 6 heteroatoms. The zero-order valence-corrected chi connectivity index (χ0v) is 17.8. The van der Waals surface area contributed by atoms with Crippen LogP contribution in [0.3, 0.4) is 0 Å². The van der Waals surface area contributed by atoms with Crippen molar-refractivity contribution in [1.29, 1.82) is 0 Å². The number of anilines is 2. The van der Waals surface area contributed by atoms with Gasteiger partial charge in [-0.15, -0.1) is 0 Å². The van der Waals surface area contributed by atoms with Gasteiger partial charge >= 0.3 is 0 Å². The second kappa shape index (κ2) is 7.15. The first kappa shape index (κ1) is 19.1. The van der Waals surface area contributed by atoms with E-state index < -0.39 is 6.34 Å². The van der Waals surface area contributed by atoms with Gasteiger partial charge in [0.1, 0.15) is 6.34 Å². The number of amides is 1. The van der Waals surface area contributed by atoms with Gasteiger partial charge in [-0.25, -0.2) is 0 Å². The number of nitrogens with zero attached hydrogens (tertiary/aromatic N) is 3. The van der Waals surface area contributed by atoms with E-state index in [1.54, 1.807) is 0 Å². The molecule has 0 N–H and O–H groups in total. The number of hydrogen-bond acceptors (Lipinski definition) is 3. The number of benzene rings is 2. The molecule has 2 aromatic carbocycles. The van der Waals surface area contributed by atoms with Gasteiger partial charge in [-0.2, -0.15) is 0 Å². The molecule has 0 saturated carbocycles. The van der Waals surface area contributed by atoms with Crippen LogP contribution < -0.4 is 14.9 Å². The fourth-order valence-corrected chi connectivity index (χ4v) is 8.18. The predicted octanol–water partition coefficient (Wildman–Crippen LogP) is 4.00. The lowest BCUT2D eigenvalue weighted by Crippen LogP contribution is -2.33. The highest BCUT2D eigenvalue weighted by Crippen LogP contribution is 2.59. The molecule has 1 amide bonds. The summed E-state index contributed by atoms with van der Waals surface area (Å²) in [6, 6.07) is 14.2. The number of rotatable bonds is 5. The summed E-state index contributed by atoms with van der Waals surface area (Å²) in [6.45, 7) is 7.91. The number of aryl methyl sites for hydroxylation is 1. The van der Waals surface area contributed by atoms with Crippen molar-refractivity contribution in [1.82, 2.24) is 4.67 Å². The fourth-order valence-electron chi connectivity index (χ4n) is 3.42. The second-order valence-corrected chi connectivity index (χ2v) is 10.8. The van der Waals surface area contributed by atoms with Gasteiger partial charge in [0, 0.05) is 43.9 Å². The molecule has 0 radical (unpaired) electrons. The van der Waals surface area contributed by atoms with Crippen LogP contribution in [0.4, 0.5) is 11.4 Å². The van der Waals surface area contributed by atoms with Crippen molar-refractivity contribution in [2.24, 2.45) is 0 Å². The van der Waals surface area contributed by atoms with Crippen LogP contribution in [0.5, 0.6) is 0 Å². The molecular formula is C20H26N3OPS. The normalized spacial score (nSPS) is 19.2. The molecule has 0 saturated heterocycles. The average molecular weight is 387 g/mol. The predicted molar refractivity (Wildman–Crippen MR) is 116 cm³/mol. The number of carbonyl (C=O) groups is 1. The lowest BCUT2D eigenvalue weighted by Gasteiger charge is -2.37. The summed E-state index contributed by atoms with van der Waals surface area (Å²) in [7, 11) is 3.97. The fraction of sp³-hybridized carbons (Fsp3) is 0.350. The molecule has 4 nitrogen and oxygen atoms in total. The minimum absolute atomic E-state index is 0.0165. The molecule has 26 heavy (non-hydrogen) atoms. The molecule has 3 rings (SSSR count). The Morgan fingerprint density at radius 1 is 1.04 bits per heavy atom. The highest BCUT2D eigenvalue weighted by Gasteiger charge is 2.46. The standard InChI is InChI=1S/C20H26N3OPS/c1-6-22(7-2)25(26)19-13-12-17(21(4)5)14-18(19)20(24)23(25)16-10-8-15(3)9-11-16/h8-14H,6-7H2,1-5H3/t25-/m1/s1. The van der Waals surface area contributed by atoms with Crippen LogP contribution in [0.1, 0.15) is 29.8 Å². The molecule has 0 aromatic heterocycles. The minimum Gasteiger partial charge on any atom is -0.378 e. The maximum Gasteiger partial charge on any atom is 0.264 e. The van der Waals surface area contributed by atoms with E-state index in [9.17, 15) is 4.79 Å². The van der Waals surface area contributed by atoms with E-state index in [0.29, 0.717) is 0 Å². The molecule has 1 aliphatic heterocycles. The minimum atomic E-state index is -2.39. The number of fused-ring (bicyclic) bond motifs is 1. The molecule has 138 valence electrons. The van der Waals surface area contributed by atoms with Gasteiger partial charge in [0.15, 0.2) is 0 Å². The summed E-state index contributed by atoms with van der Waals surface area (Å²) in [5.74, 6) is 0.0165. The van der Waals surface area contributed by atoms with Crippen molar-refractivity contribution in [3.8, 4) is 0 Å². The Hall–Kier alpha value is -1.68. The first-order valence-corrected chi connectivity index (χ1v) is 11.6. The molecule has 0 unspecified atom stereocenters. The lowest BCUT2D eigenvalue weighted by molar-refractivity contribution is 0.101. The van der Waals surface area contributed by atoms with E-state index in [1.807, 2.05) is 60.9 Å². The molecule has 0 aliphatic carbocycles. The summed E-state index contributed by atoms with van der Waals surface area (Å²) in [4.78, 5) is 15.5. The molecule has 2 aromatic rings. The molecule has 0 bridgehead atoms. The van der Waals surface area contributed by atoms with Gasteiger partial charge in [-0.05, 0) is 37.3 Å². The lowest BCUT2D eigenvalue weighted by atomic mass is 10.1. The van der Waals surface area contributed by atoms with Crippen LogP contribution in [-0.2, 0) is 11.8 Å². The van der Waals surface area contributed by atoms with E-state index in [-0.39, 0.29) is 5.91 Å². The quantitative estimate of drug-likeness (QED) is 0.725. The maximum absolute atomic E-state index is 13.5. The van der Waals surface area contributed by atoms with E-state index in [0.717, 1.165) is 35.3 Å². The summed E-state index contributed by atoms with van der Waals surface area (Å²) in [5.41, 5.74) is 3.82. The van der Waals surface area contributed by atoms with Gasteiger partial charge in [0.05, 0.1) is 5.56 Å². The van der Waals surface area contributed by atoms with Crippen molar-refractivity contribution >= 4 is 40.7 Å². The summed E-state index contributed by atoms with van der Waals surface area (Å²) in [5, 5.41) is 1.01. The highest BCUT2D eigenvalue weighted by atomic mass is 32.4. The van der Waals surface area contributed by atoms with Crippen molar-refractivity contribution in [2.75, 3.05) is 36.8 Å². The first-order chi connectivity index (χ1) is 12.3. The Morgan fingerprint density at radius 3 is 2.19 bits per heavy atom. The van der Waals surface area contributed by atoms with Gasteiger partial charge < -0.3 is 4.90 Å². The third-order valence-corrected chi connectivity index (χ3v) is 9.97. The van der Waals surface area contributed by atoms with E-state index in [1.165, 1.54) is 5.56 Å². The smallest absolute Gasteiger partial charge is 0.264 e. The second-order valence-electron chi connectivity index (χ2n) is 6.73. The van der Waals surface area contributed by atoms with Gasteiger partial charge in [-0.1, -0.05) is 43.4 Å². The van der Waals surface area contributed by atoms with Crippen LogP contribution >= 0.6 is 6.34 Å². The Kier molecular flexibility index (Phi) is 5.25. The van der Waals surface area contributed by atoms with Gasteiger partial charge in [0.25, 0.3) is 5.91 Å². The molecule has 1 aliphatic rings. The van der Waals surface area contributed by atoms with E-state index >= 15 is 0 Å². The van der Waals surface area contributed by atoms with Gasteiger partial charge in [0.2, 0.25) is 0 Å². The SMILES string of the molecule is CCN(CC)[P@]1(=S)c2ccc(N(C)C)cc2C(=O)N1c1ccc(C)cc1. The van der Waals surface area contributed by atoms with Crippen molar-refractivity contribution in [2.45, 2.75) is 20.8 Å². The van der Waals surface area contributed by atoms with Crippen LogP contribution in [0.15, 0.2) is 42.5 Å². The van der Waals surface area contributed by atoms with Crippen molar-refractivity contribution in [3.63, 3.8) is 0 Å². The molecule has 1 atom stereocenters. The van der Waals surface area contributed by atoms with Crippen LogP contribution in [-0.4, -0.2) is 37.8 Å². The molecule has 0 fully saturated rings. The van der Waals surface area contributed by atoms with Crippen molar-refractivity contribution in [3.05, 3.63) is 53.6 Å². The number of hydrogen-bond donors (Lipinski definition) is 0. The number of carbonyl (C=O) groups excluding carboxylic acids is 1. The van der Waals surface area contributed by atoms with Crippen LogP contribution in [0, 0.1) is 6.92 Å². The third kappa shape index (κ3) is 2.88. The van der Waals surface area contributed by atoms with Gasteiger partial charge in [-0.3, -0.25) is 14.1 Å². The summed E-state index contributed by atoms with van der Waals surface area (Å²) < 4.78 is 4.17. The van der Waals surface area contributed by atoms with Crippen LogP contribution in [0.25, 0.3) is 0 Å². The first-order valence-electron chi connectivity index (χ1n) is 8.93. The van der Waals surface area contributed by atoms with Crippen molar-refractivity contribution < 1.29 is 4.79 Å². The molecular weight excluding hydrogens is 361 g/mol. The summed E-state index contributed by atoms with van der Waals surface area (Å²) in [6.07, 6.45) is -2.39. The summed E-state index contributed by atoms with van der Waals surface area (Å²) >= 11 is 6.29. The maximum atomic E-state index is 13.5. The zero-order chi connectivity index (χ0) is 19.1. The largest absolute Gasteiger partial charge is 0.378 e. The molecule has 0 spiro atoms. The Balaban J connectivity index is 2.24. The van der Waals surface area contributed by atoms with E-state index in [4.69, 9.17) is 11.8 Å². The average Bonchev–Trinajstić information content (AvgIpc) is 2.85. The monoisotopic (exact) mass is 387 g/mol. The van der Waals surface area contributed by atoms with E-state index in [2.05, 4.69) is 30.7 Å². The topological polar surface area (TPSA) is 26.8 Å². The van der Waals surface area contributed by atoms with Crippen LogP contribution in [0.2, 0.25) is 0 Å².